The van der Waals surface area contributed by atoms with Gasteiger partial charge in [-0.15, -0.1) is 0 Å². The van der Waals surface area contributed by atoms with Crippen LogP contribution < -0.4 is 10.6 Å². The molecule has 2 N–H and O–H groups in total. The number of rotatable bonds is 6. The minimum Gasteiger partial charge on any atom is -0.374 e. The van der Waals surface area contributed by atoms with Crippen molar-refractivity contribution in [1.29, 1.82) is 0 Å². The summed E-state index contributed by atoms with van der Waals surface area (Å²) in [5.74, 6) is -0.0344. The number of para-hydroxylation sites is 1. The summed E-state index contributed by atoms with van der Waals surface area (Å²) < 4.78 is 0. The summed E-state index contributed by atoms with van der Waals surface area (Å²) in [6.45, 7) is 3.78. The third kappa shape index (κ3) is 5.35. The van der Waals surface area contributed by atoms with Crippen LogP contribution in [0.3, 0.4) is 0 Å². The van der Waals surface area contributed by atoms with Crippen LogP contribution in [0.1, 0.15) is 18.1 Å². The van der Waals surface area contributed by atoms with E-state index in [1.165, 1.54) is 0 Å². The van der Waals surface area contributed by atoms with E-state index >= 15 is 0 Å². The molecule has 2 aromatic carbocycles. The molecule has 0 aliphatic rings. The lowest BCUT2D eigenvalue weighted by Crippen LogP contribution is -2.32. The SMILES string of the molecule is Cc1ccccc1NC(=O)C(C)Nc1ccc(CC(=O)N(C)C)cc1. The molecule has 2 amide bonds. The fraction of sp³-hybridized carbons (Fsp3) is 0.300. The molecule has 0 bridgehead atoms. The second-order valence-corrected chi connectivity index (χ2v) is 6.33. The molecule has 0 saturated heterocycles. The Morgan fingerprint density at radius 3 is 2.28 bits per heavy atom. The first-order valence-electron chi connectivity index (χ1n) is 8.29. The third-order valence-electron chi connectivity index (χ3n) is 3.99. The number of anilines is 2. The highest BCUT2D eigenvalue weighted by Gasteiger charge is 2.14. The first-order valence-corrected chi connectivity index (χ1v) is 8.29. The zero-order valence-corrected chi connectivity index (χ0v) is 15.2. The molecule has 132 valence electrons. The Kier molecular flexibility index (Phi) is 6.17. The fourth-order valence-electron chi connectivity index (χ4n) is 2.32. The normalized spacial score (nSPS) is 11.5. The van der Waals surface area contributed by atoms with Crippen molar-refractivity contribution in [2.24, 2.45) is 0 Å². The average Bonchev–Trinajstić information content (AvgIpc) is 2.58. The van der Waals surface area contributed by atoms with Gasteiger partial charge in [0.05, 0.1) is 6.42 Å². The van der Waals surface area contributed by atoms with E-state index in [4.69, 9.17) is 0 Å². The van der Waals surface area contributed by atoms with Crippen molar-refractivity contribution in [3.63, 3.8) is 0 Å². The van der Waals surface area contributed by atoms with Crippen LogP contribution in [0, 0.1) is 6.92 Å². The van der Waals surface area contributed by atoms with Gasteiger partial charge in [-0.1, -0.05) is 30.3 Å². The zero-order chi connectivity index (χ0) is 18.4. The number of aryl methyl sites for hydroxylation is 1. The zero-order valence-electron chi connectivity index (χ0n) is 15.2. The highest BCUT2D eigenvalue weighted by molar-refractivity contribution is 5.96. The smallest absolute Gasteiger partial charge is 0.246 e. The summed E-state index contributed by atoms with van der Waals surface area (Å²) in [6.07, 6.45) is 0.372. The first kappa shape index (κ1) is 18.5. The minimum absolute atomic E-state index is 0.0617. The summed E-state index contributed by atoms with van der Waals surface area (Å²) in [6, 6.07) is 14.9. The van der Waals surface area contributed by atoms with Crippen molar-refractivity contribution in [3.8, 4) is 0 Å². The van der Waals surface area contributed by atoms with E-state index in [0.29, 0.717) is 6.42 Å². The highest BCUT2D eigenvalue weighted by atomic mass is 16.2. The van der Waals surface area contributed by atoms with E-state index in [-0.39, 0.29) is 17.9 Å². The quantitative estimate of drug-likeness (QED) is 0.850. The Morgan fingerprint density at radius 1 is 1.04 bits per heavy atom. The van der Waals surface area contributed by atoms with Gasteiger partial charge in [-0.2, -0.15) is 0 Å². The average molecular weight is 339 g/mol. The summed E-state index contributed by atoms with van der Waals surface area (Å²) in [5, 5.41) is 6.11. The van der Waals surface area contributed by atoms with Crippen LogP contribution in [0.5, 0.6) is 0 Å². The van der Waals surface area contributed by atoms with Gasteiger partial charge in [-0.25, -0.2) is 0 Å². The monoisotopic (exact) mass is 339 g/mol. The van der Waals surface area contributed by atoms with Gasteiger partial charge >= 0.3 is 0 Å². The van der Waals surface area contributed by atoms with Crippen molar-refractivity contribution in [3.05, 3.63) is 59.7 Å². The van der Waals surface area contributed by atoms with Crippen molar-refractivity contribution in [2.75, 3.05) is 24.7 Å². The van der Waals surface area contributed by atoms with Gasteiger partial charge in [0.15, 0.2) is 0 Å². The van der Waals surface area contributed by atoms with Crippen LogP contribution >= 0.6 is 0 Å². The molecule has 2 rings (SSSR count). The molecule has 0 aliphatic carbocycles. The minimum atomic E-state index is -0.381. The number of hydrogen-bond acceptors (Lipinski definition) is 3. The van der Waals surface area contributed by atoms with Crippen LogP contribution in [-0.4, -0.2) is 36.9 Å². The van der Waals surface area contributed by atoms with Crippen LogP contribution in [0.25, 0.3) is 0 Å². The number of benzene rings is 2. The maximum Gasteiger partial charge on any atom is 0.246 e. The largest absolute Gasteiger partial charge is 0.374 e. The fourth-order valence-corrected chi connectivity index (χ4v) is 2.32. The molecular weight excluding hydrogens is 314 g/mol. The number of likely N-dealkylation sites (N-methyl/N-ethyl adjacent to an activating group) is 1. The molecule has 0 radical (unpaired) electrons. The van der Waals surface area contributed by atoms with Gasteiger partial charge in [0, 0.05) is 25.5 Å². The molecule has 25 heavy (non-hydrogen) atoms. The lowest BCUT2D eigenvalue weighted by molar-refractivity contribution is -0.128. The molecule has 2 aromatic rings. The van der Waals surface area contributed by atoms with Crippen molar-refractivity contribution < 1.29 is 9.59 Å². The molecular formula is C20H25N3O2. The molecule has 0 saturated carbocycles. The molecule has 1 unspecified atom stereocenters. The summed E-state index contributed by atoms with van der Waals surface area (Å²) in [7, 11) is 3.49. The Hall–Kier alpha value is -2.82. The van der Waals surface area contributed by atoms with Gasteiger partial charge < -0.3 is 15.5 Å². The molecule has 1 atom stereocenters. The van der Waals surface area contributed by atoms with Gasteiger partial charge in [-0.05, 0) is 43.2 Å². The lowest BCUT2D eigenvalue weighted by atomic mass is 10.1. The molecule has 5 nitrogen and oxygen atoms in total. The third-order valence-corrected chi connectivity index (χ3v) is 3.99. The Balaban J connectivity index is 1.93. The summed E-state index contributed by atoms with van der Waals surface area (Å²) in [5.41, 5.74) is 3.63. The number of nitrogens with zero attached hydrogens (tertiary/aromatic N) is 1. The van der Waals surface area contributed by atoms with Crippen LogP contribution in [0.15, 0.2) is 48.5 Å². The second kappa shape index (κ2) is 8.33. The van der Waals surface area contributed by atoms with Crippen LogP contribution in [0.2, 0.25) is 0 Å². The number of carbonyl (C=O) groups is 2. The van der Waals surface area contributed by atoms with Gasteiger partial charge in [0.25, 0.3) is 0 Å². The predicted octanol–water partition coefficient (Wildman–Crippen LogP) is 3.06. The number of nitrogens with one attached hydrogen (secondary N) is 2. The van der Waals surface area contributed by atoms with Crippen molar-refractivity contribution in [2.45, 2.75) is 26.3 Å². The summed E-state index contributed by atoms with van der Waals surface area (Å²) >= 11 is 0. The van der Waals surface area contributed by atoms with E-state index in [9.17, 15) is 9.59 Å². The maximum atomic E-state index is 12.3. The van der Waals surface area contributed by atoms with Gasteiger partial charge in [0.2, 0.25) is 11.8 Å². The molecule has 5 heteroatoms. The van der Waals surface area contributed by atoms with Crippen LogP contribution in [-0.2, 0) is 16.0 Å². The Bertz CT molecular complexity index is 739. The van der Waals surface area contributed by atoms with Gasteiger partial charge in [0.1, 0.15) is 6.04 Å². The molecule has 0 aromatic heterocycles. The molecule has 0 heterocycles. The Morgan fingerprint density at radius 2 is 1.68 bits per heavy atom. The topological polar surface area (TPSA) is 61.4 Å². The molecule has 0 fully saturated rings. The van der Waals surface area contributed by atoms with E-state index in [1.54, 1.807) is 19.0 Å². The van der Waals surface area contributed by atoms with E-state index in [0.717, 1.165) is 22.5 Å². The number of hydrogen-bond donors (Lipinski definition) is 2. The van der Waals surface area contributed by atoms with Crippen LogP contribution in [0.4, 0.5) is 11.4 Å². The predicted molar refractivity (Wildman–Crippen MR) is 102 cm³/mol. The first-order chi connectivity index (χ1) is 11.9. The van der Waals surface area contributed by atoms with E-state index in [2.05, 4.69) is 10.6 Å². The molecule has 0 spiro atoms. The maximum absolute atomic E-state index is 12.3. The van der Waals surface area contributed by atoms with Gasteiger partial charge in [-0.3, -0.25) is 9.59 Å². The lowest BCUT2D eigenvalue weighted by Gasteiger charge is -2.16. The number of amides is 2. The summed E-state index contributed by atoms with van der Waals surface area (Å²) in [4.78, 5) is 25.6. The van der Waals surface area contributed by atoms with E-state index < -0.39 is 0 Å². The van der Waals surface area contributed by atoms with Crippen molar-refractivity contribution >= 4 is 23.2 Å². The standard InChI is InChI=1S/C20H25N3O2/c1-14-7-5-6-8-18(14)22-20(25)15(2)21-17-11-9-16(10-12-17)13-19(24)23(3)4/h5-12,15,21H,13H2,1-4H3,(H,22,25). The van der Waals surface area contributed by atoms with Crippen molar-refractivity contribution in [1.82, 2.24) is 4.90 Å². The highest BCUT2D eigenvalue weighted by Crippen LogP contribution is 2.15. The Labute approximate surface area is 149 Å². The van der Waals surface area contributed by atoms with E-state index in [1.807, 2.05) is 62.4 Å². The molecule has 0 aliphatic heterocycles. The number of carbonyl (C=O) groups excluding carboxylic acids is 2. The second-order valence-electron chi connectivity index (χ2n) is 6.33.